The van der Waals surface area contributed by atoms with Crippen LogP contribution < -0.4 is 16.2 Å². The number of halogens is 2. The summed E-state index contributed by atoms with van der Waals surface area (Å²) >= 11 is 18.1. The third-order valence-electron chi connectivity index (χ3n) is 3.66. The Kier molecular flexibility index (Phi) is 6.28. The average molecular weight is 469 g/mol. The molecule has 0 fully saturated rings. The molecule has 0 bridgehead atoms. The zero-order valence-corrected chi connectivity index (χ0v) is 17.3. The Hall–Kier alpha value is -2.79. The van der Waals surface area contributed by atoms with Crippen molar-refractivity contribution in [3.63, 3.8) is 0 Å². The maximum Gasteiger partial charge on any atom is 0.288 e. The minimum absolute atomic E-state index is 0.0240. The van der Waals surface area contributed by atoms with Crippen LogP contribution in [0.25, 0.3) is 10.1 Å². The van der Waals surface area contributed by atoms with Crippen molar-refractivity contribution in [1.82, 2.24) is 16.2 Å². The molecule has 12 heteroatoms. The molecule has 1 heterocycles. The molecule has 3 N–H and O–H groups in total. The first-order chi connectivity index (χ1) is 13.8. The molecule has 148 valence electrons. The number of hydrazine groups is 1. The molecular weight excluding hydrogens is 459 g/mol. The Bertz CT molecular complexity index is 1170. The molecule has 0 aliphatic carbocycles. The smallest absolute Gasteiger partial charge is 0.288 e. The first kappa shape index (κ1) is 20.9. The van der Waals surface area contributed by atoms with Gasteiger partial charge in [0.05, 0.1) is 9.95 Å². The molecule has 8 nitrogen and oxygen atoms in total. The fourth-order valence-corrected chi connectivity index (χ4v) is 4.07. The van der Waals surface area contributed by atoms with Gasteiger partial charge in [-0.3, -0.25) is 35.9 Å². The topological polar surface area (TPSA) is 113 Å². The first-order valence-corrected chi connectivity index (χ1v) is 9.78. The zero-order chi connectivity index (χ0) is 21.1. The van der Waals surface area contributed by atoms with E-state index in [1.165, 1.54) is 23.5 Å². The summed E-state index contributed by atoms with van der Waals surface area (Å²) in [7, 11) is 0. The van der Waals surface area contributed by atoms with Gasteiger partial charge in [-0.2, -0.15) is 0 Å². The van der Waals surface area contributed by atoms with Gasteiger partial charge < -0.3 is 0 Å². The zero-order valence-electron chi connectivity index (χ0n) is 14.2. The molecular formula is C17H10Cl2N4O4S2. The average Bonchev–Trinajstić information content (AvgIpc) is 3.03. The molecule has 0 radical (unpaired) electrons. The number of nitrogens with one attached hydrogen (secondary N) is 3. The lowest BCUT2D eigenvalue weighted by molar-refractivity contribution is -0.384. The summed E-state index contributed by atoms with van der Waals surface area (Å²) in [6, 6.07) is 10.9. The van der Waals surface area contributed by atoms with Crippen LogP contribution in [0.3, 0.4) is 0 Å². The van der Waals surface area contributed by atoms with Gasteiger partial charge in [0.25, 0.3) is 17.5 Å². The highest BCUT2D eigenvalue weighted by Gasteiger charge is 2.19. The molecule has 0 saturated heterocycles. The predicted molar refractivity (Wildman–Crippen MR) is 116 cm³/mol. The van der Waals surface area contributed by atoms with Gasteiger partial charge in [0.1, 0.15) is 9.90 Å². The predicted octanol–water partition coefficient (Wildman–Crippen LogP) is 4.07. The van der Waals surface area contributed by atoms with Crippen LogP contribution in [-0.4, -0.2) is 21.9 Å². The van der Waals surface area contributed by atoms with E-state index in [4.69, 9.17) is 35.4 Å². The number of hydrogen-bond donors (Lipinski definition) is 3. The minimum atomic E-state index is -0.712. The quantitative estimate of drug-likeness (QED) is 0.303. The summed E-state index contributed by atoms with van der Waals surface area (Å²) < 4.78 is 0.850. The first-order valence-electron chi connectivity index (χ1n) is 7.80. The minimum Gasteiger partial charge on any atom is -0.298 e. The Balaban J connectivity index is 1.63. The molecule has 29 heavy (non-hydrogen) atoms. The Morgan fingerprint density at radius 2 is 1.79 bits per heavy atom. The number of benzene rings is 2. The SMILES string of the molecule is O=C(NC(=S)NNC(=O)c1sc2ccccc2c1Cl)c1ccc(Cl)c([N+](=O)[O-])c1. The standard InChI is InChI=1S/C17H10Cl2N4O4S2/c18-10-6-5-8(7-11(10)23(26)27)15(24)20-17(28)22-21-16(25)14-13(19)9-3-1-2-4-12(9)29-14/h1-7H,(H,21,25)(H2,20,22,24,28). The van der Waals surface area contributed by atoms with Crippen molar-refractivity contribution in [3.05, 3.63) is 73.1 Å². The maximum atomic E-state index is 12.3. The van der Waals surface area contributed by atoms with E-state index in [9.17, 15) is 19.7 Å². The second kappa shape index (κ2) is 8.70. The third kappa shape index (κ3) is 4.62. The van der Waals surface area contributed by atoms with Crippen molar-refractivity contribution in [1.29, 1.82) is 0 Å². The number of carbonyl (C=O) groups excluding carboxylic acids is 2. The molecule has 0 atom stereocenters. The van der Waals surface area contributed by atoms with Gasteiger partial charge in [0.2, 0.25) is 0 Å². The summed E-state index contributed by atoms with van der Waals surface area (Å²) in [4.78, 5) is 35.0. The lowest BCUT2D eigenvalue weighted by Gasteiger charge is -2.10. The fraction of sp³-hybridized carbons (Fsp3) is 0. The molecule has 0 spiro atoms. The Morgan fingerprint density at radius 1 is 1.07 bits per heavy atom. The van der Waals surface area contributed by atoms with E-state index >= 15 is 0 Å². The fourth-order valence-electron chi connectivity index (χ4n) is 2.33. The summed E-state index contributed by atoms with van der Waals surface area (Å²) in [5, 5.41) is 14.0. The van der Waals surface area contributed by atoms with Crippen LogP contribution in [-0.2, 0) is 0 Å². The van der Waals surface area contributed by atoms with Crippen molar-refractivity contribution >= 4 is 79.5 Å². The van der Waals surface area contributed by atoms with Gasteiger partial charge in [-0.1, -0.05) is 41.4 Å². The number of amides is 2. The molecule has 3 aromatic rings. The lowest BCUT2D eigenvalue weighted by Crippen LogP contribution is -2.48. The van der Waals surface area contributed by atoms with E-state index in [2.05, 4.69) is 16.2 Å². The van der Waals surface area contributed by atoms with Crippen molar-refractivity contribution in [2.24, 2.45) is 0 Å². The third-order valence-corrected chi connectivity index (χ3v) is 5.86. The number of thiophene rings is 1. The number of nitrogens with zero attached hydrogens (tertiary/aromatic N) is 1. The van der Waals surface area contributed by atoms with Crippen LogP contribution in [0.2, 0.25) is 10.0 Å². The molecule has 2 amide bonds. The number of hydrogen-bond acceptors (Lipinski definition) is 6. The van der Waals surface area contributed by atoms with Crippen molar-refractivity contribution < 1.29 is 14.5 Å². The van der Waals surface area contributed by atoms with E-state index in [-0.39, 0.29) is 20.6 Å². The van der Waals surface area contributed by atoms with Crippen molar-refractivity contribution in [3.8, 4) is 0 Å². The number of nitro benzene ring substituents is 1. The number of nitro groups is 1. The Morgan fingerprint density at radius 3 is 2.48 bits per heavy atom. The lowest BCUT2D eigenvalue weighted by atomic mass is 10.2. The molecule has 2 aromatic carbocycles. The largest absolute Gasteiger partial charge is 0.298 e. The molecule has 3 rings (SSSR count). The van der Waals surface area contributed by atoms with Gasteiger partial charge in [-0.25, -0.2) is 0 Å². The van der Waals surface area contributed by atoms with E-state index in [1.54, 1.807) is 6.07 Å². The van der Waals surface area contributed by atoms with Gasteiger partial charge >= 0.3 is 0 Å². The maximum absolute atomic E-state index is 12.3. The van der Waals surface area contributed by atoms with E-state index in [0.29, 0.717) is 5.02 Å². The molecule has 0 unspecified atom stereocenters. The van der Waals surface area contributed by atoms with Gasteiger partial charge in [-0.05, 0) is 30.4 Å². The highest BCUT2D eigenvalue weighted by atomic mass is 35.5. The van der Waals surface area contributed by atoms with E-state index < -0.39 is 22.4 Å². The highest BCUT2D eigenvalue weighted by molar-refractivity contribution is 7.80. The van der Waals surface area contributed by atoms with Crippen LogP contribution >= 0.6 is 46.8 Å². The van der Waals surface area contributed by atoms with E-state index in [1.807, 2.05) is 18.2 Å². The molecule has 0 saturated carbocycles. The van der Waals surface area contributed by atoms with Crippen LogP contribution in [0, 0.1) is 10.1 Å². The summed E-state index contributed by atoms with van der Waals surface area (Å²) in [5.41, 5.74) is 4.30. The number of fused-ring (bicyclic) bond motifs is 1. The number of thiocarbonyl (C=S) groups is 1. The monoisotopic (exact) mass is 468 g/mol. The number of carbonyl (C=O) groups is 2. The highest BCUT2D eigenvalue weighted by Crippen LogP contribution is 2.34. The van der Waals surface area contributed by atoms with Gasteiger partial charge in [-0.15, -0.1) is 11.3 Å². The summed E-state index contributed by atoms with van der Waals surface area (Å²) in [5.74, 6) is -1.24. The van der Waals surface area contributed by atoms with Gasteiger partial charge in [0.15, 0.2) is 5.11 Å². The summed E-state index contributed by atoms with van der Waals surface area (Å²) in [6.45, 7) is 0. The molecule has 1 aromatic heterocycles. The van der Waals surface area contributed by atoms with Crippen molar-refractivity contribution in [2.75, 3.05) is 0 Å². The Labute approximate surface area is 182 Å². The van der Waals surface area contributed by atoms with Gasteiger partial charge in [0, 0.05) is 21.7 Å². The van der Waals surface area contributed by atoms with Crippen LogP contribution in [0.4, 0.5) is 5.69 Å². The molecule has 0 aliphatic heterocycles. The molecule has 0 aliphatic rings. The van der Waals surface area contributed by atoms with Crippen molar-refractivity contribution in [2.45, 2.75) is 0 Å². The second-order valence-electron chi connectivity index (χ2n) is 5.53. The normalized spacial score (nSPS) is 10.4. The second-order valence-corrected chi connectivity index (χ2v) is 7.77. The van der Waals surface area contributed by atoms with Crippen LogP contribution in [0.1, 0.15) is 20.0 Å². The summed E-state index contributed by atoms with van der Waals surface area (Å²) in [6.07, 6.45) is 0. The van der Waals surface area contributed by atoms with Crippen LogP contribution in [0.15, 0.2) is 42.5 Å². The van der Waals surface area contributed by atoms with E-state index in [0.717, 1.165) is 16.2 Å². The number of rotatable bonds is 3. The van der Waals surface area contributed by atoms with Crippen LogP contribution in [0.5, 0.6) is 0 Å².